The molecule has 2 aromatic rings. The van der Waals surface area contributed by atoms with Crippen LogP contribution < -0.4 is 4.74 Å². The summed E-state index contributed by atoms with van der Waals surface area (Å²) in [6, 6.07) is 6.35. The number of ether oxygens (including phenoxy) is 1. The summed E-state index contributed by atoms with van der Waals surface area (Å²) in [7, 11) is -3.67. The molecule has 0 N–H and O–H groups in total. The number of amides is 1. The van der Waals surface area contributed by atoms with E-state index in [-0.39, 0.29) is 53.9 Å². The van der Waals surface area contributed by atoms with Crippen LogP contribution in [-0.2, 0) is 16.4 Å². The van der Waals surface area contributed by atoms with Crippen molar-refractivity contribution in [3.63, 3.8) is 0 Å². The second-order valence-corrected chi connectivity index (χ2v) is 11.3. The molecule has 1 saturated heterocycles. The van der Waals surface area contributed by atoms with E-state index in [1.165, 1.54) is 16.4 Å². The molecule has 33 heavy (non-hydrogen) atoms. The minimum Gasteiger partial charge on any atom is -0.494 e. The quantitative estimate of drug-likeness (QED) is 0.660. The highest BCUT2D eigenvalue weighted by atomic mass is 32.2. The first-order valence-electron chi connectivity index (χ1n) is 11.2. The molecule has 0 bridgehead atoms. The molecule has 1 aromatic heterocycles. The molecule has 2 aliphatic rings. The average molecular weight is 475 g/mol. The first-order chi connectivity index (χ1) is 15.5. The fourth-order valence-corrected chi connectivity index (χ4v) is 6.01. The lowest BCUT2D eigenvalue weighted by atomic mass is 9.76. The minimum absolute atomic E-state index is 0.00724. The van der Waals surface area contributed by atoms with Gasteiger partial charge in [0.2, 0.25) is 10.0 Å². The zero-order valence-corrected chi connectivity index (χ0v) is 20.3. The lowest BCUT2D eigenvalue weighted by molar-refractivity contribution is 0.0660. The van der Waals surface area contributed by atoms with Gasteiger partial charge in [-0.3, -0.25) is 9.59 Å². The largest absolute Gasteiger partial charge is 0.494 e. The molecule has 1 aliphatic heterocycles. The van der Waals surface area contributed by atoms with Crippen molar-refractivity contribution in [2.45, 2.75) is 45.4 Å². The summed E-state index contributed by atoms with van der Waals surface area (Å²) < 4.78 is 38.7. The Balaban J connectivity index is 1.46. The van der Waals surface area contributed by atoms with E-state index < -0.39 is 10.0 Å². The molecule has 178 valence electrons. The molecule has 1 fully saturated rings. The number of nitrogens with zero attached hydrogens (tertiary/aromatic N) is 2. The number of benzene rings is 1. The Morgan fingerprint density at radius 3 is 2.33 bits per heavy atom. The summed E-state index contributed by atoms with van der Waals surface area (Å²) in [6.45, 7) is 9.01. The molecule has 0 unspecified atom stereocenters. The summed E-state index contributed by atoms with van der Waals surface area (Å²) in [5, 5.41) is 0. The van der Waals surface area contributed by atoms with Crippen LogP contribution in [0.2, 0.25) is 0 Å². The molecule has 9 heteroatoms. The molecule has 2 heterocycles. The Morgan fingerprint density at radius 2 is 1.73 bits per heavy atom. The number of rotatable bonds is 5. The fraction of sp³-hybridized carbons (Fsp3) is 0.500. The predicted octanol–water partition coefficient (Wildman–Crippen LogP) is 3.29. The zero-order chi connectivity index (χ0) is 24.0. The molecule has 4 rings (SSSR count). The van der Waals surface area contributed by atoms with Crippen LogP contribution in [0.15, 0.2) is 33.6 Å². The van der Waals surface area contributed by atoms with Gasteiger partial charge in [0.1, 0.15) is 11.5 Å². The Hall–Kier alpha value is -2.65. The van der Waals surface area contributed by atoms with E-state index >= 15 is 0 Å². The second-order valence-electron chi connectivity index (χ2n) is 9.40. The summed E-state index contributed by atoms with van der Waals surface area (Å²) in [5.41, 5.74) is 0.921. The van der Waals surface area contributed by atoms with E-state index in [1.54, 1.807) is 24.0 Å². The van der Waals surface area contributed by atoms with Gasteiger partial charge in [-0.15, -0.1) is 0 Å². The van der Waals surface area contributed by atoms with Crippen molar-refractivity contribution in [3.8, 4) is 5.75 Å². The van der Waals surface area contributed by atoms with E-state index in [9.17, 15) is 18.0 Å². The number of fused-ring (bicyclic) bond motifs is 1. The van der Waals surface area contributed by atoms with Crippen LogP contribution in [0.3, 0.4) is 0 Å². The lowest BCUT2D eigenvalue weighted by Gasteiger charge is -2.33. The van der Waals surface area contributed by atoms with Gasteiger partial charge in [-0.25, -0.2) is 8.42 Å². The van der Waals surface area contributed by atoms with Gasteiger partial charge in [0.25, 0.3) is 5.91 Å². The van der Waals surface area contributed by atoms with Crippen molar-refractivity contribution in [1.29, 1.82) is 0 Å². The molecule has 1 amide bonds. The molecule has 1 aromatic carbocycles. The first kappa shape index (κ1) is 23.5. The standard InChI is InChI=1S/C24H30N2O6S/c1-5-31-17-6-8-18(9-7-17)33(29,30)26-12-10-25(11-13-26)23(28)22-16(2)21-19(27)14-24(3,4)15-20(21)32-22/h6-9H,5,10-15H2,1-4H3. The van der Waals surface area contributed by atoms with Gasteiger partial charge >= 0.3 is 0 Å². The first-order valence-corrected chi connectivity index (χ1v) is 12.7. The van der Waals surface area contributed by atoms with Crippen LogP contribution in [-0.4, -0.2) is 62.1 Å². The highest BCUT2D eigenvalue weighted by Gasteiger charge is 2.38. The van der Waals surface area contributed by atoms with Gasteiger partial charge in [0, 0.05) is 44.6 Å². The van der Waals surface area contributed by atoms with Gasteiger partial charge in [-0.2, -0.15) is 4.31 Å². The third-order valence-electron chi connectivity index (χ3n) is 6.27. The van der Waals surface area contributed by atoms with Gasteiger partial charge in [0.15, 0.2) is 11.5 Å². The summed E-state index contributed by atoms with van der Waals surface area (Å²) in [6.07, 6.45) is 1.03. The molecular formula is C24H30N2O6S. The Labute approximate surface area is 194 Å². The maximum absolute atomic E-state index is 13.2. The smallest absolute Gasteiger partial charge is 0.289 e. The van der Waals surface area contributed by atoms with Gasteiger partial charge in [-0.1, -0.05) is 13.8 Å². The van der Waals surface area contributed by atoms with Crippen molar-refractivity contribution in [2.24, 2.45) is 5.41 Å². The van der Waals surface area contributed by atoms with Gasteiger partial charge in [-0.05, 0) is 43.5 Å². The van der Waals surface area contributed by atoms with Crippen LogP contribution in [0.4, 0.5) is 0 Å². The van der Waals surface area contributed by atoms with Crippen LogP contribution in [0.1, 0.15) is 59.4 Å². The SMILES string of the molecule is CCOc1ccc(S(=O)(=O)N2CCN(C(=O)c3oc4c(c3C)C(=O)CC(C)(C)C4)CC2)cc1. The molecule has 0 radical (unpaired) electrons. The maximum atomic E-state index is 13.2. The van der Waals surface area contributed by atoms with E-state index in [0.717, 1.165) is 0 Å². The van der Waals surface area contributed by atoms with Crippen LogP contribution >= 0.6 is 0 Å². The van der Waals surface area contributed by atoms with E-state index in [0.29, 0.717) is 42.1 Å². The van der Waals surface area contributed by atoms with Crippen molar-refractivity contribution in [3.05, 3.63) is 46.9 Å². The summed E-state index contributed by atoms with van der Waals surface area (Å²) in [4.78, 5) is 27.6. The average Bonchev–Trinajstić information content (AvgIpc) is 3.09. The van der Waals surface area contributed by atoms with Crippen molar-refractivity contribution >= 4 is 21.7 Å². The van der Waals surface area contributed by atoms with Crippen molar-refractivity contribution in [2.75, 3.05) is 32.8 Å². The van der Waals surface area contributed by atoms with Crippen LogP contribution in [0.25, 0.3) is 0 Å². The molecule has 8 nitrogen and oxygen atoms in total. The number of ketones is 1. The highest BCUT2D eigenvalue weighted by Crippen LogP contribution is 2.38. The van der Waals surface area contributed by atoms with Crippen molar-refractivity contribution in [1.82, 2.24) is 9.21 Å². The monoisotopic (exact) mass is 474 g/mol. The van der Waals surface area contributed by atoms with E-state index in [1.807, 2.05) is 20.8 Å². The molecule has 0 saturated carbocycles. The third-order valence-corrected chi connectivity index (χ3v) is 8.18. The molecule has 1 aliphatic carbocycles. The number of carbonyl (C=O) groups excluding carboxylic acids is 2. The summed E-state index contributed by atoms with van der Waals surface area (Å²) >= 11 is 0. The molecule has 0 spiro atoms. The second kappa shape index (κ2) is 8.61. The number of hydrogen-bond acceptors (Lipinski definition) is 6. The number of sulfonamides is 1. The van der Waals surface area contributed by atoms with Crippen molar-refractivity contribution < 1.29 is 27.2 Å². The fourth-order valence-electron chi connectivity index (χ4n) is 4.59. The van der Waals surface area contributed by atoms with Gasteiger partial charge in [0.05, 0.1) is 17.1 Å². The van der Waals surface area contributed by atoms with E-state index in [4.69, 9.17) is 9.15 Å². The predicted molar refractivity (Wildman–Crippen MR) is 122 cm³/mol. The van der Waals surface area contributed by atoms with Crippen LogP contribution in [0, 0.1) is 12.3 Å². The topological polar surface area (TPSA) is 97.1 Å². The number of carbonyl (C=O) groups is 2. The Bertz CT molecular complexity index is 1170. The van der Waals surface area contributed by atoms with Gasteiger partial charge < -0.3 is 14.1 Å². The molecular weight excluding hydrogens is 444 g/mol. The summed E-state index contributed by atoms with van der Waals surface area (Å²) in [5.74, 6) is 1.09. The minimum atomic E-state index is -3.67. The normalized spacial score (nSPS) is 18.8. The highest BCUT2D eigenvalue weighted by molar-refractivity contribution is 7.89. The number of furan rings is 1. The molecule has 0 atom stereocenters. The van der Waals surface area contributed by atoms with E-state index in [2.05, 4.69) is 0 Å². The maximum Gasteiger partial charge on any atom is 0.289 e. The third kappa shape index (κ3) is 4.44. The lowest BCUT2D eigenvalue weighted by Crippen LogP contribution is -2.50. The number of Topliss-reactive ketones (excluding diaryl/α,β-unsaturated/α-hetero) is 1. The zero-order valence-electron chi connectivity index (χ0n) is 19.5. The Kier molecular flexibility index (Phi) is 6.13. The number of piperazine rings is 1. The number of hydrogen-bond donors (Lipinski definition) is 0. The Morgan fingerprint density at radius 1 is 1.09 bits per heavy atom. The van der Waals surface area contributed by atoms with Crippen LogP contribution in [0.5, 0.6) is 5.75 Å².